The van der Waals surface area contributed by atoms with E-state index in [0.717, 1.165) is 36.2 Å². The number of amides is 1. The third kappa shape index (κ3) is 3.75. The van der Waals surface area contributed by atoms with Crippen LogP contribution in [0.25, 0.3) is 0 Å². The topological polar surface area (TPSA) is 67.2 Å². The lowest BCUT2D eigenvalue weighted by Gasteiger charge is -2.29. The van der Waals surface area contributed by atoms with E-state index in [-0.39, 0.29) is 10.9 Å². The van der Waals surface area contributed by atoms with Crippen LogP contribution in [0.2, 0.25) is 5.02 Å². The van der Waals surface area contributed by atoms with E-state index >= 15 is 0 Å². The van der Waals surface area contributed by atoms with Gasteiger partial charge in [0.1, 0.15) is 11.1 Å². The first-order chi connectivity index (χ1) is 12.5. The summed E-state index contributed by atoms with van der Waals surface area (Å²) in [6.07, 6.45) is 4.94. The highest BCUT2D eigenvalue weighted by Gasteiger charge is 2.23. The highest BCUT2D eigenvalue weighted by molar-refractivity contribution is 6.33. The molecule has 2 aromatic rings. The van der Waals surface area contributed by atoms with Crippen molar-refractivity contribution in [2.75, 3.05) is 23.3 Å². The second kappa shape index (κ2) is 7.91. The van der Waals surface area contributed by atoms with Crippen molar-refractivity contribution in [2.24, 2.45) is 0 Å². The molecule has 1 aliphatic rings. The number of carbonyl (C=O) groups is 1. The molecule has 0 unspecified atom stereocenters. The molecule has 0 bridgehead atoms. The Morgan fingerprint density at radius 1 is 1.23 bits per heavy atom. The van der Waals surface area contributed by atoms with Gasteiger partial charge in [-0.2, -0.15) is 5.10 Å². The molecule has 1 amide bonds. The number of anilines is 2. The van der Waals surface area contributed by atoms with Gasteiger partial charge in [0, 0.05) is 18.8 Å². The van der Waals surface area contributed by atoms with Gasteiger partial charge in [-0.05, 0) is 44.7 Å². The fourth-order valence-electron chi connectivity index (χ4n) is 3.13. The average Bonchev–Trinajstić information content (AvgIpc) is 2.66. The van der Waals surface area contributed by atoms with Crippen molar-refractivity contribution in [3.8, 4) is 0 Å². The Labute approximate surface area is 157 Å². The van der Waals surface area contributed by atoms with E-state index in [1.54, 1.807) is 13.1 Å². The number of nitrogens with zero attached hydrogens (tertiary/aromatic N) is 3. The molecule has 26 heavy (non-hydrogen) atoms. The van der Waals surface area contributed by atoms with Crippen LogP contribution >= 0.6 is 11.6 Å². The van der Waals surface area contributed by atoms with Crippen molar-refractivity contribution in [1.29, 1.82) is 0 Å². The molecule has 1 saturated heterocycles. The van der Waals surface area contributed by atoms with E-state index in [1.165, 1.54) is 6.42 Å². The molecule has 6 nitrogen and oxygen atoms in total. The van der Waals surface area contributed by atoms with Crippen LogP contribution in [0, 0.1) is 6.92 Å². The average molecular weight is 375 g/mol. The van der Waals surface area contributed by atoms with Crippen LogP contribution in [-0.4, -0.2) is 28.8 Å². The van der Waals surface area contributed by atoms with Crippen molar-refractivity contribution in [3.63, 3.8) is 0 Å². The highest BCUT2D eigenvalue weighted by Crippen LogP contribution is 2.25. The van der Waals surface area contributed by atoms with Crippen molar-refractivity contribution < 1.29 is 4.79 Å². The van der Waals surface area contributed by atoms with Crippen LogP contribution in [0.1, 0.15) is 37.8 Å². The summed E-state index contributed by atoms with van der Waals surface area (Å²) in [5, 5.41) is 7.18. The lowest BCUT2D eigenvalue weighted by molar-refractivity contribution is -0.119. The van der Waals surface area contributed by atoms with Crippen molar-refractivity contribution >= 4 is 28.9 Å². The van der Waals surface area contributed by atoms with Gasteiger partial charge in [0.25, 0.3) is 5.56 Å². The number of halogens is 1. The Balaban J connectivity index is 1.82. The zero-order chi connectivity index (χ0) is 18.7. The molecular weight excluding hydrogens is 352 g/mol. The number of rotatable bonds is 4. The number of piperidine rings is 1. The molecule has 0 aliphatic carbocycles. The number of carbonyl (C=O) groups excluding carboxylic acids is 1. The molecule has 0 radical (unpaired) electrons. The number of nitrogens with one attached hydrogen (secondary N) is 1. The smallest absolute Gasteiger partial charge is 0.288 e. The number of hydrogen-bond donors (Lipinski definition) is 1. The summed E-state index contributed by atoms with van der Waals surface area (Å²) in [5.41, 5.74) is 1.88. The fraction of sp³-hybridized carbons (Fsp3) is 0.421. The van der Waals surface area contributed by atoms with Gasteiger partial charge in [0.2, 0.25) is 5.91 Å². The SMILES string of the molecule is Cc1ccccc1NC(=O)[C@@H](C)n1ncc(N2CCCCC2)c(Cl)c1=O. The first kappa shape index (κ1) is 18.5. The summed E-state index contributed by atoms with van der Waals surface area (Å²) in [6.45, 7) is 5.29. The molecule has 1 aliphatic heterocycles. The molecule has 1 aromatic carbocycles. The Bertz CT molecular complexity index is 859. The predicted octanol–water partition coefficient (Wildman–Crippen LogP) is 3.40. The number of benzene rings is 1. The van der Waals surface area contributed by atoms with Crippen molar-refractivity contribution in [3.05, 3.63) is 51.4 Å². The van der Waals surface area contributed by atoms with Gasteiger partial charge in [-0.25, -0.2) is 4.68 Å². The molecule has 7 heteroatoms. The minimum absolute atomic E-state index is 0.123. The molecule has 1 aromatic heterocycles. The highest BCUT2D eigenvalue weighted by atomic mass is 35.5. The van der Waals surface area contributed by atoms with Gasteiger partial charge < -0.3 is 10.2 Å². The van der Waals surface area contributed by atoms with E-state index in [4.69, 9.17) is 11.6 Å². The Kier molecular flexibility index (Phi) is 5.61. The molecule has 1 atom stereocenters. The van der Waals surface area contributed by atoms with Crippen LogP contribution in [0.5, 0.6) is 0 Å². The summed E-state index contributed by atoms with van der Waals surface area (Å²) in [6, 6.07) is 6.72. The second-order valence-corrected chi connectivity index (χ2v) is 7.00. The van der Waals surface area contributed by atoms with Gasteiger partial charge in [-0.3, -0.25) is 9.59 Å². The molecule has 3 rings (SSSR count). The largest absolute Gasteiger partial charge is 0.369 e. The summed E-state index contributed by atoms with van der Waals surface area (Å²) in [7, 11) is 0. The van der Waals surface area contributed by atoms with Gasteiger partial charge in [0.15, 0.2) is 0 Å². The van der Waals surface area contributed by atoms with Gasteiger partial charge in [-0.15, -0.1) is 0 Å². The lowest BCUT2D eigenvalue weighted by Crippen LogP contribution is -2.36. The summed E-state index contributed by atoms with van der Waals surface area (Å²) < 4.78 is 1.14. The molecule has 0 spiro atoms. The Morgan fingerprint density at radius 3 is 2.62 bits per heavy atom. The van der Waals surface area contributed by atoms with Gasteiger partial charge in [0.05, 0.1) is 11.9 Å². The van der Waals surface area contributed by atoms with Gasteiger partial charge in [-0.1, -0.05) is 29.8 Å². The van der Waals surface area contributed by atoms with Gasteiger partial charge >= 0.3 is 0 Å². The van der Waals surface area contributed by atoms with E-state index in [1.807, 2.05) is 31.2 Å². The molecular formula is C19H23ClN4O2. The zero-order valence-electron chi connectivity index (χ0n) is 15.0. The number of para-hydroxylation sites is 1. The molecule has 1 N–H and O–H groups in total. The monoisotopic (exact) mass is 374 g/mol. The van der Waals surface area contributed by atoms with E-state index < -0.39 is 11.6 Å². The van der Waals surface area contributed by atoms with E-state index in [9.17, 15) is 9.59 Å². The third-order valence-corrected chi connectivity index (χ3v) is 5.13. The van der Waals surface area contributed by atoms with Crippen LogP contribution in [-0.2, 0) is 4.79 Å². The number of hydrogen-bond acceptors (Lipinski definition) is 4. The van der Waals surface area contributed by atoms with E-state index in [2.05, 4.69) is 15.3 Å². The van der Waals surface area contributed by atoms with Crippen LogP contribution in [0.15, 0.2) is 35.3 Å². The maximum Gasteiger partial charge on any atom is 0.288 e. The summed E-state index contributed by atoms with van der Waals surface area (Å²) in [4.78, 5) is 27.3. The number of aryl methyl sites for hydroxylation is 1. The maximum absolute atomic E-state index is 12.7. The zero-order valence-corrected chi connectivity index (χ0v) is 15.8. The first-order valence-corrected chi connectivity index (χ1v) is 9.25. The van der Waals surface area contributed by atoms with Crippen LogP contribution in [0.3, 0.4) is 0 Å². The molecule has 0 saturated carbocycles. The summed E-state index contributed by atoms with van der Waals surface area (Å²) in [5.74, 6) is -0.310. The normalized spacial score (nSPS) is 15.6. The first-order valence-electron chi connectivity index (χ1n) is 8.88. The second-order valence-electron chi connectivity index (χ2n) is 6.62. The minimum atomic E-state index is -0.769. The Morgan fingerprint density at radius 2 is 1.92 bits per heavy atom. The predicted molar refractivity (Wildman–Crippen MR) is 104 cm³/mol. The molecule has 2 heterocycles. The van der Waals surface area contributed by atoms with Crippen LogP contribution in [0.4, 0.5) is 11.4 Å². The fourth-order valence-corrected chi connectivity index (χ4v) is 3.38. The third-order valence-electron chi connectivity index (χ3n) is 4.77. The van der Waals surface area contributed by atoms with Crippen molar-refractivity contribution in [1.82, 2.24) is 9.78 Å². The lowest BCUT2D eigenvalue weighted by atomic mass is 10.1. The molecule has 138 valence electrons. The van der Waals surface area contributed by atoms with Crippen molar-refractivity contribution in [2.45, 2.75) is 39.2 Å². The number of aromatic nitrogens is 2. The quantitative estimate of drug-likeness (QED) is 0.890. The minimum Gasteiger partial charge on any atom is -0.369 e. The maximum atomic E-state index is 12.7. The standard InChI is InChI=1S/C19H23ClN4O2/c1-13-8-4-5-9-15(13)22-18(25)14(2)24-19(26)17(20)16(12-21-24)23-10-6-3-7-11-23/h4-5,8-9,12,14H,3,6-7,10-11H2,1-2H3,(H,22,25)/t14-/m1/s1. The van der Waals surface area contributed by atoms with E-state index in [0.29, 0.717) is 11.4 Å². The summed E-state index contributed by atoms with van der Waals surface area (Å²) >= 11 is 6.32. The van der Waals surface area contributed by atoms with Crippen LogP contribution < -0.4 is 15.8 Å². The Hall–Kier alpha value is -2.34. The molecule has 1 fully saturated rings.